The number of rotatable bonds is 3. The molecule has 1 aliphatic rings. The zero-order chi connectivity index (χ0) is 9.26. The Morgan fingerprint density at radius 2 is 2.23 bits per heavy atom. The summed E-state index contributed by atoms with van der Waals surface area (Å²) in [6.45, 7) is 0. The van der Waals surface area contributed by atoms with Gasteiger partial charge in [0.2, 0.25) is 0 Å². The molecule has 1 nitrogen and oxygen atoms in total. The van der Waals surface area contributed by atoms with Gasteiger partial charge in [-0.3, -0.25) is 0 Å². The van der Waals surface area contributed by atoms with E-state index in [2.05, 4.69) is 0 Å². The summed E-state index contributed by atoms with van der Waals surface area (Å²) in [7, 11) is 0. The number of benzene rings is 1. The zero-order valence-corrected chi connectivity index (χ0v) is 8.23. The molecule has 13 heavy (non-hydrogen) atoms. The molecule has 0 amide bonds. The van der Waals surface area contributed by atoms with Gasteiger partial charge in [-0.2, -0.15) is 0 Å². The third-order valence-corrected chi connectivity index (χ3v) is 2.76. The van der Waals surface area contributed by atoms with Gasteiger partial charge < -0.3 is 4.74 Å². The van der Waals surface area contributed by atoms with E-state index in [0.717, 1.165) is 12.8 Å². The van der Waals surface area contributed by atoms with Crippen LogP contribution in [-0.2, 0) is 0 Å². The molecule has 70 valence electrons. The van der Waals surface area contributed by atoms with Gasteiger partial charge in [-0.1, -0.05) is 6.07 Å². The Morgan fingerprint density at radius 3 is 2.85 bits per heavy atom. The van der Waals surface area contributed by atoms with E-state index in [1.165, 1.54) is 17.8 Å². The standard InChI is InChI=1S/C10H11FOS/c1-13-10-8(11)3-2-4-9(10)12-7-5-6-7/h2-4,7H,5-6H2,1H3. The van der Waals surface area contributed by atoms with Gasteiger partial charge >= 0.3 is 0 Å². The van der Waals surface area contributed by atoms with Crippen LogP contribution in [0.1, 0.15) is 12.8 Å². The first-order valence-corrected chi connectivity index (χ1v) is 5.53. The van der Waals surface area contributed by atoms with Crippen LogP contribution in [0.3, 0.4) is 0 Å². The lowest BCUT2D eigenvalue weighted by Gasteiger charge is -2.08. The molecule has 0 N–H and O–H groups in total. The van der Waals surface area contributed by atoms with Crippen LogP contribution < -0.4 is 4.74 Å². The number of hydrogen-bond acceptors (Lipinski definition) is 2. The van der Waals surface area contributed by atoms with Crippen molar-refractivity contribution in [1.29, 1.82) is 0 Å². The third-order valence-electron chi connectivity index (χ3n) is 1.95. The quantitative estimate of drug-likeness (QED) is 0.690. The lowest BCUT2D eigenvalue weighted by atomic mass is 10.3. The number of hydrogen-bond donors (Lipinski definition) is 0. The van der Waals surface area contributed by atoms with Crippen LogP contribution >= 0.6 is 11.8 Å². The highest BCUT2D eigenvalue weighted by molar-refractivity contribution is 7.98. The largest absolute Gasteiger partial charge is 0.489 e. The van der Waals surface area contributed by atoms with Crippen molar-refractivity contribution in [2.45, 2.75) is 23.8 Å². The molecule has 0 spiro atoms. The van der Waals surface area contributed by atoms with E-state index < -0.39 is 0 Å². The van der Waals surface area contributed by atoms with E-state index in [4.69, 9.17) is 4.74 Å². The van der Waals surface area contributed by atoms with Gasteiger partial charge in [0.05, 0.1) is 11.0 Å². The van der Waals surface area contributed by atoms with Gasteiger partial charge in [-0.05, 0) is 31.2 Å². The normalized spacial score (nSPS) is 15.8. The minimum Gasteiger partial charge on any atom is -0.489 e. The van der Waals surface area contributed by atoms with Gasteiger partial charge in [-0.25, -0.2) is 4.39 Å². The Morgan fingerprint density at radius 1 is 1.46 bits per heavy atom. The molecule has 1 saturated carbocycles. The molecular weight excluding hydrogens is 187 g/mol. The second kappa shape index (κ2) is 3.58. The zero-order valence-electron chi connectivity index (χ0n) is 7.42. The summed E-state index contributed by atoms with van der Waals surface area (Å²) in [5, 5.41) is 0. The topological polar surface area (TPSA) is 9.23 Å². The van der Waals surface area contributed by atoms with Gasteiger partial charge in [0.15, 0.2) is 0 Å². The Balaban J connectivity index is 2.25. The second-order valence-corrected chi connectivity index (χ2v) is 3.90. The van der Waals surface area contributed by atoms with Crippen molar-refractivity contribution in [1.82, 2.24) is 0 Å². The average Bonchev–Trinajstić information content (AvgIpc) is 2.89. The maximum absolute atomic E-state index is 13.2. The number of thioether (sulfide) groups is 1. The Labute approximate surface area is 81.3 Å². The average molecular weight is 198 g/mol. The smallest absolute Gasteiger partial charge is 0.140 e. The van der Waals surface area contributed by atoms with Crippen molar-refractivity contribution < 1.29 is 9.13 Å². The van der Waals surface area contributed by atoms with E-state index in [1.54, 1.807) is 6.07 Å². The van der Waals surface area contributed by atoms with Gasteiger partial charge in [0, 0.05) is 0 Å². The van der Waals surface area contributed by atoms with E-state index >= 15 is 0 Å². The van der Waals surface area contributed by atoms with E-state index in [9.17, 15) is 4.39 Å². The van der Waals surface area contributed by atoms with E-state index in [0.29, 0.717) is 16.7 Å². The predicted molar refractivity (Wildman–Crippen MR) is 51.8 cm³/mol. The molecule has 0 unspecified atom stereocenters. The molecule has 0 bridgehead atoms. The molecule has 0 atom stereocenters. The SMILES string of the molecule is CSc1c(F)cccc1OC1CC1. The summed E-state index contributed by atoms with van der Waals surface area (Å²) < 4.78 is 18.8. The number of ether oxygens (including phenoxy) is 1. The highest BCUT2D eigenvalue weighted by Gasteiger charge is 2.24. The minimum atomic E-state index is -0.189. The van der Waals surface area contributed by atoms with Crippen molar-refractivity contribution >= 4 is 11.8 Å². The lowest BCUT2D eigenvalue weighted by Crippen LogP contribution is -1.98. The molecule has 1 aliphatic carbocycles. The first kappa shape index (κ1) is 8.88. The summed E-state index contributed by atoms with van der Waals surface area (Å²) in [5.74, 6) is 0.501. The fourth-order valence-corrected chi connectivity index (χ4v) is 1.73. The van der Waals surface area contributed by atoms with Crippen LogP contribution in [0.5, 0.6) is 5.75 Å². The van der Waals surface area contributed by atoms with E-state index in [-0.39, 0.29) is 5.82 Å². The predicted octanol–water partition coefficient (Wildman–Crippen LogP) is 3.09. The van der Waals surface area contributed by atoms with Crippen molar-refractivity contribution in [2.75, 3.05) is 6.26 Å². The van der Waals surface area contributed by atoms with Crippen LogP contribution in [0.2, 0.25) is 0 Å². The fraction of sp³-hybridized carbons (Fsp3) is 0.400. The monoisotopic (exact) mass is 198 g/mol. The van der Waals surface area contributed by atoms with Crippen LogP contribution in [0, 0.1) is 5.82 Å². The van der Waals surface area contributed by atoms with Crippen molar-refractivity contribution in [3.05, 3.63) is 24.0 Å². The maximum atomic E-state index is 13.2. The Hall–Kier alpha value is -0.700. The summed E-state index contributed by atoms with van der Waals surface area (Å²) in [5.41, 5.74) is 0. The Bertz CT molecular complexity index is 310. The molecule has 2 rings (SSSR count). The second-order valence-electron chi connectivity index (χ2n) is 3.09. The summed E-state index contributed by atoms with van der Waals surface area (Å²) >= 11 is 1.39. The van der Waals surface area contributed by atoms with Gasteiger partial charge in [0.1, 0.15) is 11.6 Å². The van der Waals surface area contributed by atoms with Crippen LogP contribution in [0.4, 0.5) is 4.39 Å². The maximum Gasteiger partial charge on any atom is 0.140 e. The van der Waals surface area contributed by atoms with Crippen molar-refractivity contribution in [3.63, 3.8) is 0 Å². The minimum absolute atomic E-state index is 0.189. The van der Waals surface area contributed by atoms with Crippen molar-refractivity contribution in [2.24, 2.45) is 0 Å². The van der Waals surface area contributed by atoms with Crippen LogP contribution in [0.15, 0.2) is 23.1 Å². The molecule has 0 heterocycles. The molecule has 1 aromatic rings. The third kappa shape index (κ3) is 1.97. The van der Waals surface area contributed by atoms with E-state index in [1.807, 2.05) is 12.3 Å². The number of halogens is 1. The summed E-state index contributed by atoms with van der Waals surface area (Å²) in [6.07, 6.45) is 4.39. The first-order valence-electron chi connectivity index (χ1n) is 4.30. The molecule has 0 aliphatic heterocycles. The fourth-order valence-electron chi connectivity index (χ4n) is 1.15. The molecule has 0 aromatic heterocycles. The van der Waals surface area contributed by atoms with Gasteiger partial charge in [-0.15, -0.1) is 11.8 Å². The van der Waals surface area contributed by atoms with Crippen LogP contribution in [0.25, 0.3) is 0 Å². The molecular formula is C10H11FOS. The summed E-state index contributed by atoms with van der Waals surface area (Å²) in [6, 6.07) is 4.98. The molecule has 1 aromatic carbocycles. The molecule has 1 fully saturated rings. The van der Waals surface area contributed by atoms with Gasteiger partial charge in [0.25, 0.3) is 0 Å². The molecule has 3 heteroatoms. The van der Waals surface area contributed by atoms with Crippen molar-refractivity contribution in [3.8, 4) is 5.75 Å². The highest BCUT2D eigenvalue weighted by Crippen LogP contribution is 2.34. The highest BCUT2D eigenvalue weighted by atomic mass is 32.2. The van der Waals surface area contributed by atoms with Crippen LogP contribution in [-0.4, -0.2) is 12.4 Å². The molecule has 0 radical (unpaired) electrons. The molecule has 0 saturated heterocycles. The Kier molecular flexibility index (Phi) is 2.44. The lowest BCUT2D eigenvalue weighted by molar-refractivity contribution is 0.293. The first-order chi connectivity index (χ1) is 6.31. The summed E-state index contributed by atoms with van der Waals surface area (Å²) in [4.78, 5) is 0.620.